The van der Waals surface area contributed by atoms with Gasteiger partial charge >= 0.3 is 0 Å². The Morgan fingerprint density at radius 3 is 2.67 bits per heavy atom. The summed E-state index contributed by atoms with van der Waals surface area (Å²) in [6, 6.07) is 8.88. The predicted octanol–water partition coefficient (Wildman–Crippen LogP) is 2.90. The van der Waals surface area contributed by atoms with Crippen molar-refractivity contribution in [2.75, 3.05) is 18.5 Å². The number of nitriles is 1. The lowest BCUT2D eigenvalue weighted by molar-refractivity contribution is 0.663. The van der Waals surface area contributed by atoms with Gasteiger partial charge in [0.05, 0.1) is 11.3 Å². The zero-order valence-electron chi connectivity index (χ0n) is 11.8. The average molecular weight is 245 g/mol. The van der Waals surface area contributed by atoms with E-state index < -0.39 is 0 Å². The van der Waals surface area contributed by atoms with Gasteiger partial charge in [-0.05, 0) is 37.6 Å². The summed E-state index contributed by atoms with van der Waals surface area (Å²) in [6.45, 7) is 8.17. The molecule has 1 aromatic rings. The van der Waals surface area contributed by atoms with Gasteiger partial charge in [0.2, 0.25) is 0 Å². The van der Waals surface area contributed by atoms with Gasteiger partial charge in [0, 0.05) is 19.6 Å². The van der Waals surface area contributed by atoms with Gasteiger partial charge in [0.15, 0.2) is 0 Å². The highest BCUT2D eigenvalue weighted by molar-refractivity contribution is 5.60. The summed E-state index contributed by atoms with van der Waals surface area (Å²) in [5.41, 5.74) is 2.94. The Labute approximate surface area is 110 Å². The van der Waals surface area contributed by atoms with Gasteiger partial charge in [-0.3, -0.25) is 0 Å². The van der Waals surface area contributed by atoms with Crippen molar-refractivity contribution in [1.29, 1.82) is 5.26 Å². The van der Waals surface area contributed by atoms with Crippen molar-refractivity contribution in [3.63, 3.8) is 0 Å². The van der Waals surface area contributed by atoms with E-state index in [1.165, 1.54) is 0 Å². The van der Waals surface area contributed by atoms with Crippen LogP contribution in [-0.4, -0.2) is 19.6 Å². The molecule has 18 heavy (non-hydrogen) atoms. The number of nitrogens with zero attached hydrogens (tertiary/aromatic N) is 2. The van der Waals surface area contributed by atoms with Crippen LogP contribution in [0.5, 0.6) is 0 Å². The molecule has 0 radical (unpaired) electrons. The molecule has 98 valence electrons. The first-order valence-electron chi connectivity index (χ1n) is 6.60. The standard InChI is InChI=1S/C15H23N3/c1-5-12(3)18(4)15-8-7-13(11-17-6-2)9-14(15)10-16/h7-9,12,17H,5-6,11H2,1-4H3. The molecule has 0 saturated carbocycles. The molecule has 3 heteroatoms. The van der Waals surface area contributed by atoms with E-state index in [1.807, 2.05) is 13.1 Å². The summed E-state index contributed by atoms with van der Waals surface area (Å²) in [5.74, 6) is 0. The number of nitrogens with one attached hydrogen (secondary N) is 1. The first kappa shape index (κ1) is 14.5. The molecule has 0 aromatic heterocycles. The Balaban J connectivity index is 2.97. The second kappa shape index (κ2) is 7.03. The molecular weight excluding hydrogens is 222 g/mol. The van der Waals surface area contributed by atoms with Gasteiger partial charge in [-0.15, -0.1) is 0 Å². The highest BCUT2D eigenvalue weighted by Gasteiger charge is 2.12. The van der Waals surface area contributed by atoms with Crippen LogP contribution in [0, 0.1) is 11.3 Å². The third-order valence-corrected chi connectivity index (χ3v) is 3.39. The molecule has 0 saturated heterocycles. The van der Waals surface area contributed by atoms with Crippen LogP contribution in [0.15, 0.2) is 18.2 Å². The maximum absolute atomic E-state index is 9.27. The number of anilines is 1. The van der Waals surface area contributed by atoms with Crippen molar-refractivity contribution < 1.29 is 0 Å². The van der Waals surface area contributed by atoms with Crippen molar-refractivity contribution in [2.45, 2.75) is 39.8 Å². The highest BCUT2D eigenvalue weighted by atomic mass is 15.1. The summed E-state index contributed by atoms with van der Waals surface area (Å²) in [5, 5.41) is 12.6. The van der Waals surface area contributed by atoms with Crippen LogP contribution in [0.1, 0.15) is 38.3 Å². The monoisotopic (exact) mass is 245 g/mol. The van der Waals surface area contributed by atoms with Crippen LogP contribution >= 0.6 is 0 Å². The third kappa shape index (κ3) is 3.48. The van der Waals surface area contributed by atoms with E-state index in [4.69, 9.17) is 0 Å². The van der Waals surface area contributed by atoms with Crippen molar-refractivity contribution in [1.82, 2.24) is 5.32 Å². The van der Waals surface area contributed by atoms with Crippen LogP contribution in [0.3, 0.4) is 0 Å². The molecule has 0 fully saturated rings. The van der Waals surface area contributed by atoms with E-state index in [9.17, 15) is 5.26 Å². The van der Waals surface area contributed by atoms with Gasteiger partial charge < -0.3 is 10.2 Å². The molecule has 0 amide bonds. The second-order valence-electron chi connectivity index (χ2n) is 4.61. The fourth-order valence-electron chi connectivity index (χ4n) is 1.87. The molecule has 1 rings (SSSR count). The molecule has 1 unspecified atom stereocenters. The smallest absolute Gasteiger partial charge is 0.101 e. The van der Waals surface area contributed by atoms with E-state index >= 15 is 0 Å². The van der Waals surface area contributed by atoms with Crippen molar-refractivity contribution >= 4 is 5.69 Å². The van der Waals surface area contributed by atoms with Crippen LogP contribution in [0.25, 0.3) is 0 Å². The third-order valence-electron chi connectivity index (χ3n) is 3.39. The first-order valence-corrected chi connectivity index (χ1v) is 6.60. The van der Waals surface area contributed by atoms with Crippen molar-refractivity contribution in [3.05, 3.63) is 29.3 Å². The van der Waals surface area contributed by atoms with E-state index in [0.29, 0.717) is 6.04 Å². The second-order valence-corrected chi connectivity index (χ2v) is 4.61. The van der Waals surface area contributed by atoms with Crippen LogP contribution < -0.4 is 10.2 Å². The van der Waals surface area contributed by atoms with E-state index in [0.717, 1.165) is 36.3 Å². The minimum atomic E-state index is 0.441. The van der Waals surface area contributed by atoms with Gasteiger partial charge in [0.1, 0.15) is 6.07 Å². The van der Waals surface area contributed by atoms with E-state index in [2.05, 4.69) is 49.2 Å². The summed E-state index contributed by atoms with van der Waals surface area (Å²) in [7, 11) is 2.05. The number of benzene rings is 1. The Bertz CT molecular complexity index is 420. The number of rotatable bonds is 6. The van der Waals surface area contributed by atoms with Crippen LogP contribution in [0.4, 0.5) is 5.69 Å². The lowest BCUT2D eigenvalue weighted by Gasteiger charge is -2.27. The zero-order valence-corrected chi connectivity index (χ0v) is 11.8. The topological polar surface area (TPSA) is 39.1 Å². The highest BCUT2D eigenvalue weighted by Crippen LogP contribution is 2.23. The van der Waals surface area contributed by atoms with Gasteiger partial charge in [-0.25, -0.2) is 0 Å². The Hall–Kier alpha value is -1.53. The maximum Gasteiger partial charge on any atom is 0.101 e. The Morgan fingerprint density at radius 1 is 1.39 bits per heavy atom. The SMILES string of the molecule is CCNCc1ccc(N(C)C(C)CC)c(C#N)c1. The normalized spacial score (nSPS) is 11.9. The molecule has 3 nitrogen and oxygen atoms in total. The predicted molar refractivity (Wildman–Crippen MR) is 76.7 cm³/mol. The number of hydrogen-bond acceptors (Lipinski definition) is 3. The molecule has 0 spiro atoms. The molecule has 0 aliphatic rings. The fraction of sp³-hybridized carbons (Fsp3) is 0.533. The molecule has 1 aromatic carbocycles. The minimum Gasteiger partial charge on any atom is -0.371 e. The van der Waals surface area contributed by atoms with Crippen LogP contribution in [-0.2, 0) is 6.54 Å². The molecule has 1 atom stereocenters. The Morgan fingerprint density at radius 2 is 2.11 bits per heavy atom. The van der Waals surface area contributed by atoms with E-state index in [-0.39, 0.29) is 0 Å². The quantitative estimate of drug-likeness (QED) is 0.837. The fourth-order valence-corrected chi connectivity index (χ4v) is 1.87. The largest absolute Gasteiger partial charge is 0.371 e. The molecule has 0 aliphatic carbocycles. The summed E-state index contributed by atoms with van der Waals surface area (Å²) < 4.78 is 0. The minimum absolute atomic E-state index is 0.441. The molecule has 1 N–H and O–H groups in total. The van der Waals surface area contributed by atoms with Crippen molar-refractivity contribution in [3.8, 4) is 6.07 Å². The summed E-state index contributed by atoms with van der Waals surface area (Å²) in [4.78, 5) is 2.18. The molecule has 0 bridgehead atoms. The zero-order chi connectivity index (χ0) is 13.5. The average Bonchev–Trinajstić information content (AvgIpc) is 2.42. The van der Waals surface area contributed by atoms with Crippen molar-refractivity contribution in [2.24, 2.45) is 0 Å². The maximum atomic E-state index is 9.27. The van der Waals surface area contributed by atoms with E-state index in [1.54, 1.807) is 0 Å². The lowest BCUT2D eigenvalue weighted by atomic mass is 10.1. The lowest BCUT2D eigenvalue weighted by Crippen LogP contribution is -2.28. The summed E-state index contributed by atoms with van der Waals surface area (Å²) in [6.07, 6.45) is 1.07. The summed E-state index contributed by atoms with van der Waals surface area (Å²) >= 11 is 0. The molecular formula is C15H23N3. The first-order chi connectivity index (χ1) is 8.63. The Kier molecular flexibility index (Phi) is 5.67. The number of hydrogen-bond donors (Lipinski definition) is 1. The van der Waals surface area contributed by atoms with Gasteiger partial charge in [0.25, 0.3) is 0 Å². The van der Waals surface area contributed by atoms with Crippen LogP contribution in [0.2, 0.25) is 0 Å². The molecule has 0 aliphatic heterocycles. The molecule has 0 heterocycles. The van der Waals surface area contributed by atoms with Gasteiger partial charge in [-0.2, -0.15) is 5.26 Å². The van der Waals surface area contributed by atoms with Gasteiger partial charge in [-0.1, -0.05) is 19.9 Å².